The van der Waals surface area contributed by atoms with Crippen LogP contribution in [0.25, 0.3) is 16.5 Å². The summed E-state index contributed by atoms with van der Waals surface area (Å²) in [5.74, 6) is 0. The van der Waals surface area contributed by atoms with Gasteiger partial charge in [-0.25, -0.2) is 4.58 Å². The second-order valence-corrected chi connectivity index (χ2v) is 8.29. The summed E-state index contributed by atoms with van der Waals surface area (Å²) in [6.45, 7) is 12.4. The van der Waals surface area contributed by atoms with Gasteiger partial charge in [-0.15, -0.1) is 0 Å². The number of benzene rings is 2. The zero-order valence-electron chi connectivity index (χ0n) is 20.5. The lowest BCUT2D eigenvalue weighted by Gasteiger charge is -2.21. The molecule has 0 fully saturated rings. The average molecular weight is 454 g/mol. The van der Waals surface area contributed by atoms with Gasteiger partial charge in [0.25, 0.3) is 0 Å². The van der Waals surface area contributed by atoms with Crippen molar-refractivity contribution in [3.63, 3.8) is 0 Å². The lowest BCUT2D eigenvalue weighted by molar-refractivity contribution is -0.519. The van der Waals surface area contributed by atoms with E-state index in [1.807, 2.05) is 24.3 Å². The van der Waals surface area contributed by atoms with Crippen LogP contribution in [0.15, 0.2) is 93.9 Å². The van der Waals surface area contributed by atoms with E-state index in [0.717, 1.165) is 42.9 Å². The maximum Gasteiger partial charge on any atom is 0.200 e. The van der Waals surface area contributed by atoms with Gasteiger partial charge in [0.2, 0.25) is 5.43 Å². The standard InChI is InChI=1S/C30H33N2O2/c1-5-31(6-2)24-17-13-22(14-18-24)29(23-15-19-25(20-16-23)32(7-3)8-4)27-21-34-28-12-10-9-11-26(28)30(27)33/h9-21H,5-8H2,1-4H3/q+1. The quantitative estimate of drug-likeness (QED) is 0.408. The SMILES string of the molecule is CCN(CC)c1ccc(C(=C2C=CC(=[N+](CC)CC)C=C2)c2coc3ccccc3c2=O)cc1. The van der Waals surface area contributed by atoms with E-state index in [-0.39, 0.29) is 5.43 Å². The van der Waals surface area contributed by atoms with E-state index in [2.05, 4.69) is 85.7 Å². The zero-order valence-corrected chi connectivity index (χ0v) is 20.5. The van der Waals surface area contributed by atoms with Crippen LogP contribution in [-0.4, -0.2) is 36.5 Å². The van der Waals surface area contributed by atoms with Crippen molar-refractivity contribution in [2.75, 3.05) is 31.1 Å². The minimum Gasteiger partial charge on any atom is -0.463 e. The van der Waals surface area contributed by atoms with Gasteiger partial charge in [0, 0.05) is 36.5 Å². The molecule has 0 atom stereocenters. The highest BCUT2D eigenvalue weighted by molar-refractivity contribution is 6.04. The highest BCUT2D eigenvalue weighted by atomic mass is 16.3. The van der Waals surface area contributed by atoms with Gasteiger partial charge in [-0.05, 0) is 75.2 Å². The summed E-state index contributed by atoms with van der Waals surface area (Å²) in [6.07, 6.45) is 10.1. The van der Waals surface area contributed by atoms with Crippen molar-refractivity contribution in [2.24, 2.45) is 0 Å². The molecule has 174 valence electrons. The maximum atomic E-state index is 13.6. The predicted molar refractivity (Wildman–Crippen MR) is 143 cm³/mol. The molecular weight excluding hydrogens is 420 g/mol. The number of hydrogen-bond acceptors (Lipinski definition) is 3. The molecule has 0 saturated carbocycles. The molecule has 1 aliphatic rings. The Labute approximate surface area is 201 Å². The molecule has 4 heteroatoms. The van der Waals surface area contributed by atoms with Crippen LogP contribution in [0.1, 0.15) is 38.8 Å². The van der Waals surface area contributed by atoms with E-state index in [9.17, 15) is 4.79 Å². The molecule has 4 nitrogen and oxygen atoms in total. The third-order valence-electron chi connectivity index (χ3n) is 6.52. The van der Waals surface area contributed by atoms with Crippen molar-refractivity contribution >= 4 is 27.9 Å². The van der Waals surface area contributed by atoms with Gasteiger partial charge in [-0.2, -0.15) is 0 Å². The lowest BCUT2D eigenvalue weighted by atomic mass is 9.91. The molecule has 3 aromatic rings. The number of nitrogens with zero attached hydrogens (tertiary/aromatic N) is 2. The van der Waals surface area contributed by atoms with Crippen molar-refractivity contribution in [1.82, 2.24) is 0 Å². The van der Waals surface area contributed by atoms with Crippen LogP contribution in [-0.2, 0) is 0 Å². The van der Waals surface area contributed by atoms with E-state index < -0.39 is 0 Å². The van der Waals surface area contributed by atoms with Crippen molar-refractivity contribution < 1.29 is 8.99 Å². The molecule has 34 heavy (non-hydrogen) atoms. The molecule has 0 bridgehead atoms. The van der Waals surface area contributed by atoms with Gasteiger partial charge in [0.1, 0.15) is 24.9 Å². The molecule has 4 rings (SSSR count). The molecule has 1 aromatic heterocycles. The molecule has 1 aliphatic carbocycles. The first kappa shape index (κ1) is 23.5. The second kappa shape index (κ2) is 10.5. The Balaban J connectivity index is 1.90. The Morgan fingerprint density at radius 1 is 0.853 bits per heavy atom. The van der Waals surface area contributed by atoms with Gasteiger partial charge in [-0.1, -0.05) is 24.3 Å². The van der Waals surface area contributed by atoms with Crippen molar-refractivity contribution in [2.45, 2.75) is 27.7 Å². The van der Waals surface area contributed by atoms with Crippen molar-refractivity contribution in [3.05, 3.63) is 106 Å². The number of anilines is 1. The molecule has 2 aromatic carbocycles. The summed E-state index contributed by atoms with van der Waals surface area (Å²) in [6, 6.07) is 15.9. The Bertz CT molecular complexity index is 1330. The molecule has 0 unspecified atom stereocenters. The highest BCUT2D eigenvalue weighted by Gasteiger charge is 2.18. The second-order valence-electron chi connectivity index (χ2n) is 8.29. The van der Waals surface area contributed by atoms with Gasteiger partial charge in [-0.3, -0.25) is 4.79 Å². The molecule has 0 amide bonds. The van der Waals surface area contributed by atoms with Gasteiger partial charge in [0.05, 0.1) is 10.9 Å². The Morgan fingerprint density at radius 3 is 2.12 bits per heavy atom. The third kappa shape index (κ3) is 4.54. The number of fused-ring (bicyclic) bond motifs is 1. The van der Waals surface area contributed by atoms with E-state index in [1.54, 1.807) is 6.26 Å². The third-order valence-corrected chi connectivity index (χ3v) is 6.52. The Morgan fingerprint density at radius 2 is 1.50 bits per heavy atom. The molecule has 0 N–H and O–H groups in total. The van der Waals surface area contributed by atoms with Gasteiger partial charge < -0.3 is 9.32 Å². The summed E-state index contributed by atoms with van der Waals surface area (Å²) in [5, 5.41) is 0.594. The van der Waals surface area contributed by atoms with Crippen LogP contribution in [0, 0.1) is 0 Å². The van der Waals surface area contributed by atoms with Crippen molar-refractivity contribution in [3.8, 4) is 0 Å². The van der Waals surface area contributed by atoms with Crippen LogP contribution >= 0.6 is 0 Å². The topological polar surface area (TPSA) is 36.5 Å². The fourth-order valence-corrected chi connectivity index (χ4v) is 4.58. The number of rotatable bonds is 7. The average Bonchev–Trinajstić information content (AvgIpc) is 2.89. The smallest absolute Gasteiger partial charge is 0.200 e. The van der Waals surface area contributed by atoms with E-state index >= 15 is 0 Å². The predicted octanol–water partition coefficient (Wildman–Crippen LogP) is 6.06. The van der Waals surface area contributed by atoms with E-state index in [0.29, 0.717) is 16.5 Å². The molecule has 0 saturated heterocycles. The monoisotopic (exact) mass is 453 g/mol. The first-order chi connectivity index (χ1) is 16.6. The normalized spacial score (nSPS) is 12.9. The van der Waals surface area contributed by atoms with E-state index in [1.165, 1.54) is 11.4 Å². The summed E-state index contributed by atoms with van der Waals surface area (Å²) in [4.78, 5) is 15.9. The highest BCUT2D eigenvalue weighted by Crippen LogP contribution is 2.30. The first-order valence-corrected chi connectivity index (χ1v) is 12.2. The summed E-state index contributed by atoms with van der Waals surface area (Å²) in [5.41, 5.74) is 6.39. The summed E-state index contributed by atoms with van der Waals surface area (Å²) in [7, 11) is 0. The molecule has 0 radical (unpaired) electrons. The Kier molecular flexibility index (Phi) is 7.27. The summed E-state index contributed by atoms with van der Waals surface area (Å²) < 4.78 is 8.22. The van der Waals surface area contributed by atoms with Gasteiger partial charge in [0.15, 0.2) is 5.71 Å². The van der Waals surface area contributed by atoms with E-state index in [4.69, 9.17) is 4.42 Å². The molecule has 0 aliphatic heterocycles. The molecular formula is C30H33N2O2+. The fraction of sp³-hybridized carbons (Fsp3) is 0.267. The number of para-hydroxylation sites is 1. The first-order valence-electron chi connectivity index (χ1n) is 12.2. The minimum atomic E-state index is -0.0162. The summed E-state index contributed by atoms with van der Waals surface area (Å²) >= 11 is 0. The van der Waals surface area contributed by atoms with Crippen LogP contribution in [0.2, 0.25) is 0 Å². The number of allylic oxidation sites excluding steroid dienone is 5. The van der Waals surface area contributed by atoms with Crippen LogP contribution in [0.5, 0.6) is 0 Å². The lowest BCUT2D eigenvalue weighted by Crippen LogP contribution is -2.21. The van der Waals surface area contributed by atoms with Gasteiger partial charge >= 0.3 is 0 Å². The minimum absolute atomic E-state index is 0.0162. The number of hydrogen-bond donors (Lipinski definition) is 0. The van der Waals surface area contributed by atoms with Crippen LogP contribution in [0.3, 0.4) is 0 Å². The van der Waals surface area contributed by atoms with Crippen LogP contribution in [0.4, 0.5) is 5.69 Å². The molecule has 0 spiro atoms. The van der Waals surface area contributed by atoms with Crippen LogP contribution < -0.4 is 10.3 Å². The maximum absolute atomic E-state index is 13.6. The Hall–Kier alpha value is -3.66. The zero-order chi connectivity index (χ0) is 24.1. The fourth-order valence-electron chi connectivity index (χ4n) is 4.58. The molecule has 1 heterocycles. The largest absolute Gasteiger partial charge is 0.463 e. The van der Waals surface area contributed by atoms with Crippen molar-refractivity contribution in [1.29, 1.82) is 0 Å².